The van der Waals surface area contributed by atoms with Crippen LogP contribution in [0.4, 0.5) is 5.95 Å². The minimum Gasteiger partial charge on any atom is -0.345 e. The number of benzene rings is 1. The van der Waals surface area contributed by atoms with Crippen molar-refractivity contribution < 1.29 is 4.79 Å². The molecule has 1 N–H and O–H groups in total. The largest absolute Gasteiger partial charge is 0.345 e. The summed E-state index contributed by atoms with van der Waals surface area (Å²) >= 11 is 0. The van der Waals surface area contributed by atoms with Crippen molar-refractivity contribution in [3.8, 4) is 0 Å². The van der Waals surface area contributed by atoms with Gasteiger partial charge in [-0.2, -0.15) is 0 Å². The van der Waals surface area contributed by atoms with E-state index < -0.39 is 0 Å². The van der Waals surface area contributed by atoms with Crippen molar-refractivity contribution in [1.29, 1.82) is 0 Å². The highest BCUT2D eigenvalue weighted by molar-refractivity contribution is 5.92. The van der Waals surface area contributed by atoms with Crippen LogP contribution >= 0.6 is 0 Å². The zero-order chi connectivity index (χ0) is 19.1. The lowest BCUT2D eigenvalue weighted by Crippen LogP contribution is -2.33. The minimum absolute atomic E-state index is 0.192. The molecule has 0 aliphatic rings. The molecule has 0 spiro atoms. The van der Waals surface area contributed by atoms with Gasteiger partial charge in [0.15, 0.2) is 0 Å². The molecule has 138 valence electrons. The van der Waals surface area contributed by atoms with E-state index >= 15 is 0 Å². The maximum Gasteiger partial charge on any atom is 0.270 e. The van der Waals surface area contributed by atoms with E-state index in [0.29, 0.717) is 24.7 Å². The molecule has 0 unspecified atom stereocenters. The van der Waals surface area contributed by atoms with Gasteiger partial charge in [0.05, 0.1) is 12.2 Å². The van der Waals surface area contributed by atoms with E-state index in [1.54, 1.807) is 18.5 Å². The van der Waals surface area contributed by atoms with E-state index in [0.717, 1.165) is 5.69 Å². The van der Waals surface area contributed by atoms with Crippen LogP contribution < -0.4 is 10.2 Å². The van der Waals surface area contributed by atoms with E-state index in [4.69, 9.17) is 0 Å². The molecule has 6 nitrogen and oxygen atoms in total. The molecular formula is C21H23N5O. The Bertz CT molecular complexity index is 868. The van der Waals surface area contributed by atoms with Crippen LogP contribution in [-0.4, -0.2) is 26.9 Å². The third-order valence-corrected chi connectivity index (χ3v) is 4.11. The van der Waals surface area contributed by atoms with Crippen molar-refractivity contribution in [2.24, 2.45) is 0 Å². The fourth-order valence-electron chi connectivity index (χ4n) is 2.64. The SMILES string of the molecule is CC(C)N(Cc1ccccc1)c1nccc(C(=O)NCc2ccccn2)n1. The molecule has 3 rings (SSSR count). The predicted molar refractivity (Wildman–Crippen MR) is 105 cm³/mol. The molecule has 27 heavy (non-hydrogen) atoms. The monoisotopic (exact) mass is 361 g/mol. The molecule has 0 atom stereocenters. The van der Waals surface area contributed by atoms with Crippen LogP contribution in [0, 0.1) is 0 Å². The Labute approximate surface area is 159 Å². The molecule has 3 aromatic rings. The molecule has 0 radical (unpaired) electrons. The molecule has 6 heteroatoms. The zero-order valence-electron chi connectivity index (χ0n) is 15.5. The van der Waals surface area contributed by atoms with Gasteiger partial charge in [0.1, 0.15) is 5.69 Å². The molecule has 0 aliphatic carbocycles. The summed E-state index contributed by atoms with van der Waals surface area (Å²) in [5, 5.41) is 2.85. The summed E-state index contributed by atoms with van der Waals surface area (Å²) in [6.45, 7) is 5.20. The van der Waals surface area contributed by atoms with Gasteiger partial charge < -0.3 is 10.2 Å². The molecule has 0 saturated heterocycles. The predicted octanol–water partition coefficient (Wildman–Crippen LogP) is 3.22. The number of anilines is 1. The third kappa shape index (κ3) is 5.10. The summed E-state index contributed by atoms with van der Waals surface area (Å²) in [5.74, 6) is 0.298. The minimum atomic E-state index is -0.243. The summed E-state index contributed by atoms with van der Waals surface area (Å²) in [6, 6.07) is 17.6. The first-order valence-electron chi connectivity index (χ1n) is 8.95. The molecule has 0 aliphatic heterocycles. The Hall–Kier alpha value is -3.28. The number of carbonyl (C=O) groups excluding carboxylic acids is 1. The van der Waals surface area contributed by atoms with Gasteiger partial charge in [0.25, 0.3) is 5.91 Å². The smallest absolute Gasteiger partial charge is 0.270 e. The third-order valence-electron chi connectivity index (χ3n) is 4.11. The van der Waals surface area contributed by atoms with Gasteiger partial charge in [-0.1, -0.05) is 36.4 Å². The average molecular weight is 361 g/mol. The Balaban J connectivity index is 1.73. The van der Waals surface area contributed by atoms with Crippen molar-refractivity contribution in [3.05, 3.63) is 83.9 Å². The van der Waals surface area contributed by atoms with Crippen LogP contribution in [0.2, 0.25) is 0 Å². The number of aromatic nitrogens is 3. The molecule has 0 saturated carbocycles. The van der Waals surface area contributed by atoms with Crippen molar-refractivity contribution in [2.45, 2.75) is 33.0 Å². The standard InChI is InChI=1S/C21H23N5O/c1-16(2)26(15-17-8-4-3-5-9-17)21-23-13-11-19(25-21)20(27)24-14-18-10-6-7-12-22-18/h3-13,16H,14-15H2,1-2H3,(H,24,27). The first-order valence-corrected chi connectivity index (χ1v) is 8.95. The number of nitrogens with zero attached hydrogens (tertiary/aromatic N) is 4. The fraction of sp³-hybridized carbons (Fsp3) is 0.238. The number of rotatable bonds is 7. The van der Waals surface area contributed by atoms with Crippen LogP contribution in [0.1, 0.15) is 35.6 Å². The summed E-state index contributed by atoms with van der Waals surface area (Å²) < 4.78 is 0. The first-order chi connectivity index (χ1) is 13.1. The van der Waals surface area contributed by atoms with Crippen molar-refractivity contribution in [2.75, 3.05) is 4.90 Å². The normalized spacial score (nSPS) is 10.6. The van der Waals surface area contributed by atoms with Crippen LogP contribution in [0.25, 0.3) is 0 Å². The highest BCUT2D eigenvalue weighted by atomic mass is 16.1. The van der Waals surface area contributed by atoms with Gasteiger partial charge in [-0.15, -0.1) is 0 Å². The summed E-state index contributed by atoms with van der Waals surface area (Å²) in [4.78, 5) is 27.6. The van der Waals surface area contributed by atoms with Crippen LogP contribution in [0.5, 0.6) is 0 Å². The highest BCUT2D eigenvalue weighted by Gasteiger charge is 2.16. The van der Waals surface area contributed by atoms with Crippen molar-refractivity contribution in [1.82, 2.24) is 20.3 Å². The topological polar surface area (TPSA) is 71.0 Å². The number of amides is 1. The zero-order valence-corrected chi connectivity index (χ0v) is 15.5. The van der Waals surface area contributed by atoms with E-state index in [1.807, 2.05) is 36.4 Å². The number of carbonyl (C=O) groups is 1. The molecule has 1 aromatic carbocycles. The van der Waals surface area contributed by atoms with Gasteiger partial charge in [0, 0.05) is 25.0 Å². The van der Waals surface area contributed by atoms with Gasteiger partial charge in [-0.25, -0.2) is 9.97 Å². The van der Waals surface area contributed by atoms with E-state index in [9.17, 15) is 4.79 Å². The maximum absolute atomic E-state index is 12.5. The maximum atomic E-state index is 12.5. The lowest BCUT2D eigenvalue weighted by Gasteiger charge is -2.27. The second kappa shape index (κ2) is 8.89. The number of pyridine rings is 1. The fourth-order valence-corrected chi connectivity index (χ4v) is 2.64. The van der Waals surface area contributed by atoms with Crippen LogP contribution in [-0.2, 0) is 13.1 Å². The van der Waals surface area contributed by atoms with Gasteiger partial charge >= 0.3 is 0 Å². The van der Waals surface area contributed by atoms with Crippen LogP contribution in [0.3, 0.4) is 0 Å². The quantitative estimate of drug-likeness (QED) is 0.700. The van der Waals surface area contributed by atoms with Gasteiger partial charge in [-0.05, 0) is 37.6 Å². The second-order valence-electron chi connectivity index (χ2n) is 6.45. The number of nitrogens with one attached hydrogen (secondary N) is 1. The Morgan fingerprint density at radius 3 is 2.48 bits per heavy atom. The Morgan fingerprint density at radius 1 is 1.00 bits per heavy atom. The van der Waals surface area contributed by atoms with Crippen molar-refractivity contribution >= 4 is 11.9 Å². The molecule has 1 amide bonds. The van der Waals surface area contributed by atoms with E-state index in [1.165, 1.54) is 5.56 Å². The summed E-state index contributed by atoms with van der Waals surface area (Å²) in [5.41, 5.74) is 2.31. The molecule has 0 bridgehead atoms. The number of hydrogen-bond acceptors (Lipinski definition) is 5. The summed E-state index contributed by atoms with van der Waals surface area (Å²) in [7, 11) is 0. The number of hydrogen-bond donors (Lipinski definition) is 1. The Morgan fingerprint density at radius 2 is 1.78 bits per heavy atom. The average Bonchev–Trinajstić information content (AvgIpc) is 2.71. The lowest BCUT2D eigenvalue weighted by molar-refractivity contribution is 0.0945. The van der Waals surface area contributed by atoms with Crippen molar-refractivity contribution in [3.63, 3.8) is 0 Å². The van der Waals surface area contributed by atoms with Crippen LogP contribution in [0.15, 0.2) is 67.0 Å². The summed E-state index contributed by atoms with van der Waals surface area (Å²) in [6.07, 6.45) is 3.33. The van der Waals surface area contributed by atoms with E-state index in [-0.39, 0.29) is 11.9 Å². The highest BCUT2D eigenvalue weighted by Crippen LogP contribution is 2.16. The molecular weight excluding hydrogens is 338 g/mol. The van der Waals surface area contributed by atoms with Gasteiger partial charge in [-0.3, -0.25) is 9.78 Å². The molecule has 0 fully saturated rings. The van der Waals surface area contributed by atoms with Gasteiger partial charge in [0.2, 0.25) is 5.95 Å². The molecule has 2 aromatic heterocycles. The molecule has 2 heterocycles. The second-order valence-corrected chi connectivity index (χ2v) is 6.45. The Kier molecular flexibility index (Phi) is 6.10. The van der Waals surface area contributed by atoms with E-state index in [2.05, 4.69) is 51.1 Å². The first kappa shape index (κ1) is 18.5. The lowest BCUT2D eigenvalue weighted by atomic mass is 10.2.